The quantitative estimate of drug-likeness (QED) is 0.664. The van der Waals surface area contributed by atoms with Gasteiger partial charge in [-0.05, 0) is 54.8 Å². The maximum absolute atomic E-state index is 12.2. The zero-order valence-electron chi connectivity index (χ0n) is 12.7. The van der Waals surface area contributed by atoms with Crippen LogP contribution in [-0.2, 0) is 0 Å². The van der Waals surface area contributed by atoms with Crippen LogP contribution in [0.25, 0.3) is 6.08 Å². The zero-order chi connectivity index (χ0) is 16.3. The van der Waals surface area contributed by atoms with E-state index in [0.717, 1.165) is 11.1 Å². The molecule has 2 aromatic rings. The van der Waals surface area contributed by atoms with Crippen molar-refractivity contribution >= 4 is 23.5 Å². The normalized spacial score (nSPS) is 10.9. The molecule has 4 heteroatoms. The summed E-state index contributed by atoms with van der Waals surface area (Å²) >= 11 is 5.92. The second kappa shape index (κ2) is 6.67. The SMILES string of the molecule is COc1cc(C=CC(=O)c2ccc(C)c(C)c2)cc(Cl)c1O. The number of aryl methyl sites for hydroxylation is 2. The van der Waals surface area contributed by atoms with Crippen LogP contribution in [-0.4, -0.2) is 18.0 Å². The first-order valence-corrected chi connectivity index (χ1v) is 7.16. The summed E-state index contributed by atoms with van der Waals surface area (Å²) in [6.07, 6.45) is 3.12. The lowest BCUT2D eigenvalue weighted by atomic mass is 10.0. The van der Waals surface area contributed by atoms with Gasteiger partial charge in [-0.1, -0.05) is 29.8 Å². The second-order valence-electron chi connectivity index (χ2n) is 5.05. The number of phenolic OH excluding ortho intramolecular Hbond substituents is 1. The van der Waals surface area contributed by atoms with Crippen LogP contribution >= 0.6 is 11.6 Å². The maximum atomic E-state index is 12.2. The molecule has 1 N–H and O–H groups in total. The number of carbonyl (C=O) groups excluding carboxylic acids is 1. The van der Waals surface area contributed by atoms with Gasteiger partial charge in [-0.2, -0.15) is 0 Å². The Morgan fingerprint density at radius 1 is 1.18 bits per heavy atom. The Bertz CT molecular complexity index is 748. The van der Waals surface area contributed by atoms with Gasteiger partial charge in [0.2, 0.25) is 0 Å². The number of allylic oxidation sites excluding steroid dienone is 1. The topological polar surface area (TPSA) is 46.5 Å². The monoisotopic (exact) mass is 316 g/mol. The third kappa shape index (κ3) is 3.49. The number of ether oxygens (including phenoxy) is 1. The van der Waals surface area contributed by atoms with Crippen molar-refractivity contribution in [1.82, 2.24) is 0 Å². The van der Waals surface area contributed by atoms with E-state index in [1.807, 2.05) is 26.0 Å². The average Bonchev–Trinajstić information content (AvgIpc) is 2.50. The van der Waals surface area contributed by atoms with Crippen molar-refractivity contribution < 1.29 is 14.6 Å². The van der Waals surface area contributed by atoms with Crippen LogP contribution in [0.1, 0.15) is 27.0 Å². The molecular formula is C18H17ClO3. The van der Waals surface area contributed by atoms with Crippen LogP contribution in [0.5, 0.6) is 11.5 Å². The highest BCUT2D eigenvalue weighted by Gasteiger charge is 2.08. The minimum Gasteiger partial charge on any atom is -0.503 e. The molecule has 0 aromatic heterocycles. The number of hydrogen-bond acceptors (Lipinski definition) is 3. The molecule has 0 spiro atoms. The van der Waals surface area contributed by atoms with Gasteiger partial charge >= 0.3 is 0 Å². The maximum Gasteiger partial charge on any atom is 0.185 e. The van der Waals surface area contributed by atoms with Gasteiger partial charge in [-0.25, -0.2) is 0 Å². The third-order valence-corrected chi connectivity index (χ3v) is 3.78. The Morgan fingerprint density at radius 3 is 2.55 bits per heavy atom. The molecule has 22 heavy (non-hydrogen) atoms. The summed E-state index contributed by atoms with van der Waals surface area (Å²) in [5.74, 6) is 0.0684. The molecular weight excluding hydrogens is 300 g/mol. The van der Waals surface area contributed by atoms with Gasteiger partial charge in [0.25, 0.3) is 0 Å². The predicted molar refractivity (Wildman–Crippen MR) is 88.9 cm³/mol. The van der Waals surface area contributed by atoms with E-state index in [2.05, 4.69) is 0 Å². The molecule has 0 heterocycles. The molecule has 2 rings (SSSR count). The predicted octanol–water partition coefficient (Wildman–Crippen LogP) is 4.57. The lowest BCUT2D eigenvalue weighted by molar-refractivity contribution is 0.104. The number of halogens is 1. The number of benzene rings is 2. The van der Waals surface area contributed by atoms with Crippen molar-refractivity contribution in [3.8, 4) is 11.5 Å². The molecule has 0 radical (unpaired) electrons. The van der Waals surface area contributed by atoms with Gasteiger partial charge in [0.1, 0.15) is 0 Å². The van der Waals surface area contributed by atoms with E-state index < -0.39 is 0 Å². The molecule has 0 saturated carbocycles. The first kappa shape index (κ1) is 16.1. The van der Waals surface area contributed by atoms with Crippen LogP contribution in [0.2, 0.25) is 5.02 Å². The Balaban J connectivity index is 2.26. The molecule has 0 amide bonds. The standard InChI is InChI=1S/C18H17ClO3/c1-11-4-6-14(8-12(11)2)16(20)7-5-13-9-15(19)18(21)17(10-13)22-3/h4-10,21H,1-3H3. The second-order valence-corrected chi connectivity index (χ2v) is 5.46. The number of rotatable bonds is 4. The smallest absolute Gasteiger partial charge is 0.185 e. The Labute approximate surface area is 134 Å². The molecule has 0 aliphatic carbocycles. The molecule has 0 saturated heterocycles. The van der Waals surface area contributed by atoms with Gasteiger partial charge in [0.15, 0.2) is 17.3 Å². The molecule has 0 bridgehead atoms. The minimum atomic E-state index is -0.109. The summed E-state index contributed by atoms with van der Waals surface area (Å²) in [6.45, 7) is 3.98. The largest absolute Gasteiger partial charge is 0.503 e. The Morgan fingerprint density at radius 2 is 1.91 bits per heavy atom. The number of hydrogen-bond donors (Lipinski definition) is 1. The zero-order valence-corrected chi connectivity index (χ0v) is 13.4. The summed E-state index contributed by atoms with van der Waals surface area (Å²) in [5, 5.41) is 9.86. The summed E-state index contributed by atoms with van der Waals surface area (Å²) in [6, 6.07) is 8.79. The van der Waals surface area contributed by atoms with Gasteiger partial charge < -0.3 is 9.84 Å². The molecule has 0 aliphatic rings. The van der Waals surface area contributed by atoms with Crippen molar-refractivity contribution in [3.05, 3.63) is 63.7 Å². The number of aromatic hydroxyl groups is 1. The fourth-order valence-electron chi connectivity index (χ4n) is 2.01. The molecule has 0 atom stereocenters. The van der Waals surface area contributed by atoms with Crippen molar-refractivity contribution in [2.45, 2.75) is 13.8 Å². The van der Waals surface area contributed by atoms with Crippen LogP contribution < -0.4 is 4.74 Å². The van der Waals surface area contributed by atoms with Crippen LogP contribution in [0.4, 0.5) is 0 Å². The molecule has 0 unspecified atom stereocenters. The summed E-state index contributed by atoms with van der Waals surface area (Å²) in [4.78, 5) is 12.2. The highest BCUT2D eigenvalue weighted by Crippen LogP contribution is 2.35. The third-order valence-electron chi connectivity index (χ3n) is 3.49. The first-order valence-electron chi connectivity index (χ1n) is 6.78. The molecule has 0 aliphatic heterocycles. The number of ketones is 1. The van der Waals surface area contributed by atoms with Crippen molar-refractivity contribution in [3.63, 3.8) is 0 Å². The highest BCUT2D eigenvalue weighted by atomic mass is 35.5. The van der Waals surface area contributed by atoms with Crippen molar-refractivity contribution in [1.29, 1.82) is 0 Å². The Hall–Kier alpha value is -2.26. The molecule has 3 nitrogen and oxygen atoms in total. The average molecular weight is 317 g/mol. The number of carbonyl (C=O) groups is 1. The first-order chi connectivity index (χ1) is 10.4. The van der Waals surface area contributed by atoms with Crippen LogP contribution in [0, 0.1) is 13.8 Å². The Kier molecular flexibility index (Phi) is 4.88. The van der Waals surface area contributed by atoms with Crippen LogP contribution in [0.15, 0.2) is 36.4 Å². The van der Waals surface area contributed by atoms with E-state index in [4.69, 9.17) is 16.3 Å². The van der Waals surface area contributed by atoms with Crippen molar-refractivity contribution in [2.24, 2.45) is 0 Å². The fourth-order valence-corrected chi connectivity index (χ4v) is 2.23. The number of methoxy groups -OCH3 is 1. The summed E-state index contributed by atoms with van der Waals surface area (Å²) in [7, 11) is 1.44. The lowest BCUT2D eigenvalue weighted by Gasteiger charge is -2.06. The van der Waals surface area contributed by atoms with Gasteiger partial charge in [-0.3, -0.25) is 4.79 Å². The van der Waals surface area contributed by atoms with Crippen LogP contribution in [0.3, 0.4) is 0 Å². The van der Waals surface area contributed by atoms with E-state index in [1.165, 1.54) is 13.2 Å². The van der Waals surface area contributed by atoms with Crippen molar-refractivity contribution in [2.75, 3.05) is 7.11 Å². The van der Waals surface area contributed by atoms with E-state index in [0.29, 0.717) is 11.1 Å². The van der Waals surface area contributed by atoms with Gasteiger partial charge in [-0.15, -0.1) is 0 Å². The minimum absolute atomic E-state index is 0.0914. The lowest BCUT2D eigenvalue weighted by Crippen LogP contribution is -1.95. The number of phenols is 1. The van der Waals surface area contributed by atoms with E-state index >= 15 is 0 Å². The van der Waals surface area contributed by atoms with Gasteiger partial charge in [0.05, 0.1) is 12.1 Å². The molecule has 2 aromatic carbocycles. The summed E-state index contributed by atoms with van der Waals surface area (Å²) in [5.41, 5.74) is 3.54. The summed E-state index contributed by atoms with van der Waals surface area (Å²) < 4.78 is 5.03. The molecule has 114 valence electrons. The van der Waals surface area contributed by atoms with E-state index in [1.54, 1.807) is 24.3 Å². The molecule has 0 fully saturated rings. The van der Waals surface area contributed by atoms with E-state index in [9.17, 15) is 9.90 Å². The highest BCUT2D eigenvalue weighted by molar-refractivity contribution is 6.32. The van der Waals surface area contributed by atoms with Gasteiger partial charge in [0, 0.05) is 5.56 Å². The van der Waals surface area contributed by atoms with E-state index in [-0.39, 0.29) is 22.3 Å². The fraction of sp³-hybridized carbons (Fsp3) is 0.167.